The van der Waals surface area contributed by atoms with Gasteiger partial charge in [-0.2, -0.15) is 0 Å². The molecule has 0 radical (unpaired) electrons. The highest BCUT2D eigenvalue weighted by Crippen LogP contribution is 1.81. The van der Waals surface area contributed by atoms with E-state index in [2.05, 4.69) is 0 Å². The molecule has 0 saturated carbocycles. The average molecular weight is 175 g/mol. The van der Waals surface area contributed by atoms with Gasteiger partial charge < -0.3 is 15.5 Å². The molecule has 0 heterocycles. The Balaban J connectivity index is 0. The van der Waals surface area contributed by atoms with Crippen LogP contribution in [0, 0.1) is 0 Å². The van der Waals surface area contributed by atoms with Gasteiger partial charge in [-0.3, -0.25) is 0 Å². The molecule has 0 saturated heterocycles. The predicted octanol–water partition coefficient (Wildman–Crippen LogP) is 0.585. The molecule has 0 spiro atoms. The summed E-state index contributed by atoms with van der Waals surface area (Å²) < 4.78 is 0. The second kappa shape index (κ2) is 8.33. The van der Waals surface area contributed by atoms with E-state index in [1.807, 2.05) is 32.8 Å². The minimum Gasteiger partial charge on any atom is -0.351 e. The molecule has 4 heteroatoms. The fourth-order valence-corrected chi connectivity index (χ4v) is 0.460. The lowest BCUT2D eigenvalue weighted by Gasteiger charge is -2.16. The lowest BCUT2D eigenvalue weighted by molar-refractivity contribution is 0.213. The van der Waals surface area contributed by atoms with Crippen molar-refractivity contribution in [3.8, 4) is 0 Å². The van der Waals surface area contributed by atoms with Crippen LogP contribution in [0.4, 0.5) is 4.79 Å². The highest BCUT2D eigenvalue weighted by molar-refractivity contribution is 5.71. The number of rotatable bonds is 3. The Morgan fingerprint density at radius 2 is 1.58 bits per heavy atom. The van der Waals surface area contributed by atoms with Gasteiger partial charge in [0.15, 0.2) is 0 Å². The van der Waals surface area contributed by atoms with E-state index in [0.717, 1.165) is 6.54 Å². The van der Waals surface area contributed by atoms with E-state index in [-0.39, 0.29) is 6.03 Å². The first kappa shape index (κ1) is 13.8. The van der Waals surface area contributed by atoms with Crippen LogP contribution in [-0.2, 0) is 0 Å². The summed E-state index contributed by atoms with van der Waals surface area (Å²) in [6.45, 7) is 5.53. The van der Waals surface area contributed by atoms with Crippen molar-refractivity contribution in [3.63, 3.8) is 0 Å². The topological polar surface area (TPSA) is 49.6 Å². The SMILES string of the molecule is CC.CN(C)CCN(C)C(N)=O. The smallest absolute Gasteiger partial charge is 0.314 e. The number of likely N-dealkylation sites (N-methyl/N-ethyl adjacent to an activating group) is 2. The van der Waals surface area contributed by atoms with E-state index in [4.69, 9.17) is 5.73 Å². The molecule has 0 rings (SSSR count). The molecule has 2 N–H and O–H groups in total. The molecule has 0 aliphatic carbocycles. The normalized spacial score (nSPS) is 8.83. The van der Waals surface area contributed by atoms with Crippen molar-refractivity contribution in [2.45, 2.75) is 13.8 Å². The van der Waals surface area contributed by atoms with Crippen molar-refractivity contribution >= 4 is 6.03 Å². The Labute approximate surface area is 75.3 Å². The molecule has 0 bridgehead atoms. The fourth-order valence-electron chi connectivity index (χ4n) is 0.460. The maximum atomic E-state index is 10.4. The minimum atomic E-state index is -0.373. The minimum absolute atomic E-state index is 0.373. The molecule has 0 unspecified atom stereocenters. The van der Waals surface area contributed by atoms with Crippen molar-refractivity contribution in [1.82, 2.24) is 9.80 Å². The lowest BCUT2D eigenvalue weighted by Crippen LogP contribution is -2.36. The van der Waals surface area contributed by atoms with E-state index >= 15 is 0 Å². The summed E-state index contributed by atoms with van der Waals surface area (Å²) >= 11 is 0. The Bertz CT molecular complexity index is 115. The molecule has 4 nitrogen and oxygen atoms in total. The first-order chi connectivity index (χ1) is 5.54. The standard InChI is InChI=1S/C6H15N3O.C2H6/c1-8(2)4-5-9(3)6(7)10;1-2/h4-5H2,1-3H3,(H2,7,10);1-2H3. The third-order valence-electron chi connectivity index (χ3n) is 1.26. The summed E-state index contributed by atoms with van der Waals surface area (Å²) in [5.41, 5.74) is 4.99. The lowest BCUT2D eigenvalue weighted by atomic mass is 10.5. The van der Waals surface area contributed by atoms with Gasteiger partial charge in [-0.1, -0.05) is 13.8 Å². The number of carbonyl (C=O) groups is 1. The molecule has 0 aliphatic rings. The summed E-state index contributed by atoms with van der Waals surface area (Å²) in [4.78, 5) is 13.9. The summed E-state index contributed by atoms with van der Waals surface area (Å²) in [6, 6.07) is -0.373. The predicted molar refractivity (Wildman–Crippen MR) is 52.1 cm³/mol. The van der Waals surface area contributed by atoms with E-state index in [9.17, 15) is 4.79 Å². The van der Waals surface area contributed by atoms with Crippen molar-refractivity contribution in [1.29, 1.82) is 0 Å². The van der Waals surface area contributed by atoms with Gasteiger partial charge in [0.1, 0.15) is 0 Å². The summed E-state index contributed by atoms with van der Waals surface area (Å²) in [5, 5.41) is 0. The molecular formula is C8H21N3O. The van der Waals surface area contributed by atoms with Crippen LogP contribution in [0.5, 0.6) is 0 Å². The van der Waals surface area contributed by atoms with Gasteiger partial charge in [-0.05, 0) is 14.1 Å². The zero-order valence-corrected chi connectivity index (χ0v) is 8.79. The first-order valence-electron chi connectivity index (χ1n) is 4.19. The van der Waals surface area contributed by atoms with Crippen molar-refractivity contribution in [3.05, 3.63) is 0 Å². The number of hydrogen-bond acceptors (Lipinski definition) is 2. The fraction of sp³-hybridized carbons (Fsp3) is 0.875. The zero-order valence-electron chi connectivity index (χ0n) is 8.79. The van der Waals surface area contributed by atoms with Gasteiger partial charge in [-0.25, -0.2) is 4.79 Å². The molecule has 0 aromatic heterocycles. The largest absolute Gasteiger partial charge is 0.351 e. The third kappa shape index (κ3) is 9.23. The molecule has 0 fully saturated rings. The molecule has 0 aromatic carbocycles. The monoisotopic (exact) mass is 175 g/mol. The Kier molecular flexibility index (Phi) is 9.57. The molecule has 0 aliphatic heterocycles. The first-order valence-corrected chi connectivity index (χ1v) is 4.19. The number of carbonyl (C=O) groups excluding carboxylic acids is 1. The van der Waals surface area contributed by atoms with Gasteiger partial charge in [0.05, 0.1) is 0 Å². The maximum absolute atomic E-state index is 10.4. The van der Waals surface area contributed by atoms with Crippen LogP contribution in [0.3, 0.4) is 0 Å². The van der Waals surface area contributed by atoms with Crippen LogP contribution in [-0.4, -0.2) is 50.1 Å². The number of urea groups is 1. The number of primary amides is 1. The second-order valence-corrected chi connectivity index (χ2v) is 2.56. The van der Waals surface area contributed by atoms with Gasteiger partial charge in [0, 0.05) is 20.1 Å². The molecule has 2 amide bonds. The molecule has 0 atom stereocenters. The quantitative estimate of drug-likeness (QED) is 0.682. The van der Waals surface area contributed by atoms with Crippen LogP contribution < -0.4 is 5.73 Å². The van der Waals surface area contributed by atoms with Gasteiger partial charge in [0.2, 0.25) is 0 Å². The average Bonchev–Trinajstić information content (AvgIpc) is 2.03. The second-order valence-electron chi connectivity index (χ2n) is 2.56. The van der Waals surface area contributed by atoms with Crippen LogP contribution in [0.25, 0.3) is 0 Å². The van der Waals surface area contributed by atoms with Crippen LogP contribution >= 0.6 is 0 Å². The van der Waals surface area contributed by atoms with E-state index in [1.54, 1.807) is 7.05 Å². The summed E-state index contributed by atoms with van der Waals surface area (Å²) in [7, 11) is 5.59. The highest BCUT2D eigenvalue weighted by atomic mass is 16.2. The van der Waals surface area contributed by atoms with E-state index in [0.29, 0.717) is 6.54 Å². The molecule has 74 valence electrons. The van der Waals surface area contributed by atoms with Crippen molar-refractivity contribution in [2.75, 3.05) is 34.2 Å². The van der Waals surface area contributed by atoms with Crippen LogP contribution in [0.1, 0.15) is 13.8 Å². The number of nitrogens with two attached hydrogens (primary N) is 1. The van der Waals surface area contributed by atoms with Crippen LogP contribution in [0.15, 0.2) is 0 Å². The summed E-state index contributed by atoms with van der Waals surface area (Å²) in [5.74, 6) is 0. The Hall–Kier alpha value is -0.770. The van der Waals surface area contributed by atoms with Gasteiger partial charge >= 0.3 is 6.03 Å². The maximum Gasteiger partial charge on any atom is 0.314 e. The Morgan fingerprint density at radius 1 is 1.17 bits per heavy atom. The number of hydrogen-bond donors (Lipinski definition) is 1. The summed E-state index contributed by atoms with van der Waals surface area (Å²) in [6.07, 6.45) is 0. The molecule has 12 heavy (non-hydrogen) atoms. The van der Waals surface area contributed by atoms with Crippen molar-refractivity contribution < 1.29 is 4.79 Å². The third-order valence-corrected chi connectivity index (χ3v) is 1.26. The number of nitrogens with zero attached hydrogens (tertiary/aromatic N) is 2. The highest BCUT2D eigenvalue weighted by Gasteiger charge is 2.01. The zero-order chi connectivity index (χ0) is 10.1. The van der Waals surface area contributed by atoms with E-state index in [1.165, 1.54) is 4.90 Å². The molecule has 0 aromatic rings. The van der Waals surface area contributed by atoms with Gasteiger partial charge in [0.25, 0.3) is 0 Å². The number of amides is 2. The van der Waals surface area contributed by atoms with E-state index < -0.39 is 0 Å². The van der Waals surface area contributed by atoms with Gasteiger partial charge in [-0.15, -0.1) is 0 Å². The van der Waals surface area contributed by atoms with Crippen molar-refractivity contribution in [2.24, 2.45) is 5.73 Å². The Morgan fingerprint density at radius 3 is 1.83 bits per heavy atom. The van der Waals surface area contributed by atoms with Crippen LogP contribution in [0.2, 0.25) is 0 Å². The molecular weight excluding hydrogens is 154 g/mol.